The summed E-state index contributed by atoms with van der Waals surface area (Å²) in [6, 6.07) is 42.2. The number of fused-ring (bicyclic) bond motifs is 2. The van der Waals surface area contributed by atoms with E-state index in [4.69, 9.17) is 0 Å². The minimum absolute atomic E-state index is 0.712. The molecule has 33 heavy (non-hydrogen) atoms. The van der Waals surface area contributed by atoms with E-state index in [2.05, 4.69) is 129 Å². The lowest BCUT2D eigenvalue weighted by molar-refractivity contribution is 1.40. The van der Waals surface area contributed by atoms with Crippen LogP contribution in [0, 0.1) is 13.8 Å². The molecule has 6 aromatic rings. The Hall–Kier alpha value is -3.60. The van der Waals surface area contributed by atoms with E-state index in [0.29, 0.717) is 0 Å². The van der Waals surface area contributed by atoms with Crippen molar-refractivity contribution < 1.29 is 0 Å². The van der Waals surface area contributed by atoms with Gasteiger partial charge < -0.3 is 0 Å². The topological polar surface area (TPSA) is 0 Å². The summed E-state index contributed by atoms with van der Waals surface area (Å²) in [4.78, 5) is 0. The summed E-state index contributed by atoms with van der Waals surface area (Å²) < 4.78 is 0. The lowest BCUT2D eigenvalue weighted by Gasteiger charge is -2.16. The maximum absolute atomic E-state index is 2.36. The van der Waals surface area contributed by atoms with Crippen molar-refractivity contribution in [1.82, 2.24) is 0 Å². The van der Waals surface area contributed by atoms with Crippen molar-refractivity contribution in [1.29, 1.82) is 0 Å². The van der Waals surface area contributed by atoms with Crippen molar-refractivity contribution in [2.24, 2.45) is 0 Å². The first kappa shape index (κ1) is 20.0. The third-order valence-corrected chi connectivity index (χ3v) is 9.76. The van der Waals surface area contributed by atoms with E-state index in [1.165, 1.54) is 59.7 Å². The molecule has 0 amide bonds. The molecule has 1 heteroatoms. The molecule has 1 atom stereocenters. The normalized spacial score (nSPS) is 11.9. The Morgan fingerprint density at radius 3 is 1.76 bits per heavy atom. The second-order valence-corrected chi connectivity index (χ2v) is 10.7. The van der Waals surface area contributed by atoms with Gasteiger partial charge in [0.2, 0.25) is 0 Å². The molecule has 158 valence electrons. The van der Waals surface area contributed by atoms with Crippen molar-refractivity contribution in [3.8, 4) is 27.0 Å². The van der Waals surface area contributed by atoms with Gasteiger partial charge in [0.1, 0.15) is 0 Å². The summed E-state index contributed by atoms with van der Waals surface area (Å²) in [7, 11) is -0.712. The van der Waals surface area contributed by atoms with Crippen LogP contribution >= 0.6 is 7.53 Å². The maximum Gasteiger partial charge on any atom is 0.0101 e. The Morgan fingerprint density at radius 2 is 1.00 bits per heavy atom. The number of hydrogen-bond donors (Lipinski definition) is 0. The highest BCUT2D eigenvalue weighted by molar-refractivity contribution is 7.64. The fourth-order valence-corrected chi connectivity index (χ4v) is 8.38. The van der Waals surface area contributed by atoms with Crippen LogP contribution in [0.3, 0.4) is 0 Å². The predicted molar refractivity (Wildman–Crippen MR) is 146 cm³/mol. The van der Waals surface area contributed by atoms with Gasteiger partial charge in [-0.25, -0.2) is 0 Å². The Balaban J connectivity index is 1.80. The van der Waals surface area contributed by atoms with E-state index in [9.17, 15) is 0 Å². The summed E-state index contributed by atoms with van der Waals surface area (Å²) in [6.07, 6.45) is 0. The first-order chi connectivity index (χ1) is 16.2. The summed E-state index contributed by atoms with van der Waals surface area (Å²) in [5, 5.41) is 9.74. The summed E-state index contributed by atoms with van der Waals surface area (Å²) in [5.41, 5.74) is 5.55. The van der Waals surface area contributed by atoms with Crippen molar-refractivity contribution in [3.63, 3.8) is 0 Å². The summed E-state index contributed by atoms with van der Waals surface area (Å²) in [5.74, 6) is 0. The van der Waals surface area contributed by atoms with Gasteiger partial charge in [-0.1, -0.05) is 117 Å². The molecule has 0 aliphatic heterocycles. The monoisotopic (exact) mass is 440 g/mol. The fraction of sp³-hybridized carbons (Fsp3) is 0.0625. The largest absolute Gasteiger partial charge is 0.0761 e. The first-order valence-corrected chi connectivity index (χ1v) is 12.8. The van der Waals surface area contributed by atoms with Gasteiger partial charge in [0.05, 0.1) is 0 Å². The van der Waals surface area contributed by atoms with E-state index in [1.807, 2.05) is 0 Å². The van der Waals surface area contributed by atoms with Crippen LogP contribution in [-0.4, -0.2) is 0 Å². The highest BCUT2D eigenvalue weighted by Crippen LogP contribution is 2.62. The van der Waals surface area contributed by atoms with E-state index in [-0.39, 0.29) is 0 Å². The van der Waals surface area contributed by atoms with Gasteiger partial charge >= 0.3 is 0 Å². The SMILES string of the molecule is Cc1c(C)c(-c2cccc3ccccc23)p(-c2cccc3ccccc23)c1-c1ccccc1. The molecule has 0 fully saturated rings. The van der Waals surface area contributed by atoms with E-state index in [0.717, 1.165) is 0 Å². The average molecular weight is 441 g/mol. The minimum Gasteiger partial charge on any atom is -0.0761 e. The lowest BCUT2D eigenvalue weighted by atomic mass is 9.99. The highest BCUT2D eigenvalue weighted by atomic mass is 31.1. The Kier molecular flexibility index (Phi) is 4.90. The standard InChI is InChI=1S/C32H25P/c1-22-23(2)32(29-20-10-16-24-12-6-8-18-27(24)29)33(31(22)26-14-4-3-5-15-26)30-21-11-17-25-13-7-9-19-28(25)30/h3-21H,1-2H3. The van der Waals surface area contributed by atoms with Crippen LogP contribution in [0.1, 0.15) is 11.1 Å². The smallest absolute Gasteiger partial charge is 0.0101 e. The van der Waals surface area contributed by atoms with Gasteiger partial charge in [-0.15, -0.1) is 0 Å². The van der Waals surface area contributed by atoms with Gasteiger partial charge in [-0.05, 0) is 63.7 Å². The molecule has 1 aromatic heterocycles. The average Bonchev–Trinajstić information content (AvgIpc) is 3.14. The van der Waals surface area contributed by atoms with Crippen LogP contribution in [0.4, 0.5) is 0 Å². The van der Waals surface area contributed by atoms with Crippen LogP contribution in [0.5, 0.6) is 0 Å². The zero-order valence-electron chi connectivity index (χ0n) is 18.9. The summed E-state index contributed by atoms with van der Waals surface area (Å²) in [6.45, 7) is 4.64. The Bertz CT molecular complexity index is 1610. The predicted octanol–water partition coefficient (Wildman–Crippen LogP) is 9.92. The molecule has 0 aliphatic rings. The molecule has 0 spiro atoms. The lowest BCUT2D eigenvalue weighted by Crippen LogP contribution is -1.83. The molecule has 0 saturated heterocycles. The molecule has 0 saturated carbocycles. The van der Waals surface area contributed by atoms with Crippen LogP contribution in [0.25, 0.3) is 48.6 Å². The maximum atomic E-state index is 2.36. The molecule has 0 nitrogen and oxygen atoms in total. The second kappa shape index (κ2) is 8.07. The van der Waals surface area contributed by atoms with Crippen molar-refractivity contribution >= 4 is 29.1 Å². The van der Waals surface area contributed by atoms with Crippen LogP contribution in [-0.2, 0) is 0 Å². The molecule has 5 aromatic carbocycles. The summed E-state index contributed by atoms with van der Waals surface area (Å²) >= 11 is 0. The molecule has 0 bridgehead atoms. The molecule has 0 radical (unpaired) electrons. The van der Waals surface area contributed by atoms with Gasteiger partial charge in [0, 0.05) is 15.9 Å². The fourth-order valence-electron chi connectivity index (χ4n) is 5.14. The van der Waals surface area contributed by atoms with Gasteiger partial charge in [-0.3, -0.25) is 0 Å². The number of benzene rings is 5. The van der Waals surface area contributed by atoms with Gasteiger partial charge in [0.15, 0.2) is 0 Å². The first-order valence-electron chi connectivity index (χ1n) is 11.5. The molecule has 0 N–H and O–H groups in total. The van der Waals surface area contributed by atoms with Gasteiger partial charge in [-0.2, -0.15) is 0 Å². The zero-order valence-corrected chi connectivity index (χ0v) is 19.8. The quantitative estimate of drug-likeness (QED) is 0.257. The van der Waals surface area contributed by atoms with Crippen LogP contribution in [0.2, 0.25) is 0 Å². The van der Waals surface area contributed by atoms with Crippen LogP contribution < -0.4 is 0 Å². The third kappa shape index (κ3) is 3.22. The Labute approximate surface area is 196 Å². The number of rotatable bonds is 3. The molecular weight excluding hydrogens is 415 g/mol. The molecule has 1 heterocycles. The Morgan fingerprint density at radius 1 is 0.455 bits per heavy atom. The van der Waals surface area contributed by atoms with E-state index >= 15 is 0 Å². The van der Waals surface area contributed by atoms with Crippen molar-refractivity contribution in [2.75, 3.05) is 0 Å². The third-order valence-electron chi connectivity index (χ3n) is 6.82. The molecule has 1 unspecified atom stereocenters. The number of hydrogen-bond acceptors (Lipinski definition) is 0. The second-order valence-electron chi connectivity index (χ2n) is 8.67. The van der Waals surface area contributed by atoms with Crippen LogP contribution in [0.15, 0.2) is 115 Å². The molecular formula is C32H25P. The van der Waals surface area contributed by atoms with Gasteiger partial charge in [0.25, 0.3) is 0 Å². The minimum atomic E-state index is -0.712. The molecule has 0 aliphatic carbocycles. The van der Waals surface area contributed by atoms with Crippen molar-refractivity contribution in [2.45, 2.75) is 13.8 Å². The highest BCUT2D eigenvalue weighted by Gasteiger charge is 2.24. The van der Waals surface area contributed by atoms with Crippen molar-refractivity contribution in [3.05, 3.63) is 126 Å². The zero-order chi connectivity index (χ0) is 22.4. The van der Waals surface area contributed by atoms with E-state index < -0.39 is 7.53 Å². The molecule has 6 rings (SSSR count). The van der Waals surface area contributed by atoms with E-state index in [1.54, 1.807) is 0 Å².